The quantitative estimate of drug-likeness (QED) is 0.579. The topological polar surface area (TPSA) is 52.6 Å². The minimum Gasteiger partial charge on any atom is -0.496 e. The third kappa shape index (κ3) is 4.20. The van der Waals surface area contributed by atoms with E-state index in [4.69, 9.17) is 9.47 Å². The third-order valence-corrected chi connectivity index (χ3v) is 4.00. The molecule has 0 aliphatic carbocycles. The third-order valence-electron chi connectivity index (χ3n) is 3.38. The van der Waals surface area contributed by atoms with Gasteiger partial charge in [0.25, 0.3) is 0 Å². The molecular formula is C18H17BrO4. The molecular weight excluding hydrogens is 360 g/mol. The number of Topliss-reactive ketones (excluding diaryl/α,β-unsaturated/α-hetero) is 1. The van der Waals surface area contributed by atoms with Crippen LogP contribution in [0, 0.1) is 6.92 Å². The summed E-state index contributed by atoms with van der Waals surface area (Å²) in [4.78, 5) is 24.4. The monoisotopic (exact) mass is 376 g/mol. The lowest BCUT2D eigenvalue weighted by Gasteiger charge is -2.13. The molecule has 0 spiro atoms. The number of hydrogen-bond donors (Lipinski definition) is 0. The van der Waals surface area contributed by atoms with Crippen molar-refractivity contribution in [3.63, 3.8) is 0 Å². The Morgan fingerprint density at radius 3 is 2.22 bits per heavy atom. The molecule has 0 radical (unpaired) electrons. The van der Waals surface area contributed by atoms with Gasteiger partial charge < -0.3 is 9.47 Å². The van der Waals surface area contributed by atoms with Crippen LogP contribution in [-0.4, -0.2) is 25.0 Å². The number of rotatable bonds is 5. The Morgan fingerprint density at radius 1 is 1.04 bits per heavy atom. The van der Waals surface area contributed by atoms with Gasteiger partial charge in [0.05, 0.1) is 17.1 Å². The van der Waals surface area contributed by atoms with Crippen LogP contribution in [0.4, 0.5) is 0 Å². The van der Waals surface area contributed by atoms with E-state index < -0.39 is 12.1 Å². The van der Waals surface area contributed by atoms with Gasteiger partial charge in [-0.2, -0.15) is 0 Å². The van der Waals surface area contributed by atoms with Crippen LogP contribution in [0.3, 0.4) is 0 Å². The lowest BCUT2D eigenvalue weighted by atomic mass is 10.1. The van der Waals surface area contributed by atoms with Crippen LogP contribution >= 0.6 is 15.9 Å². The number of ether oxygens (including phenoxy) is 2. The molecule has 0 fully saturated rings. The van der Waals surface area contributed by atoms with Gasteiger partial charge in [0.1, 0.15) is 5.75 Å². The highest BCUT2D eigenvalue weighted by Gasteiger charge is 2.20. The summed E-state index contributed by atoms with van der Waals surface area (Å²) in [5.74, 6) is -0.169. The van der Waals surface area contributed by atoms with Crippen LogP contribution < -0.4 is 4.74 Å². The van der Waals surface area contributed by atoms with Crippen LogP contribution in [-0.2, 0) is 4.74 Å². The minimum absolute atomic E-state index is 0.231. The van der Waals surface area contributed by atoms with Crippen LogP contribution in [0.1, 0.15) is 33.2 Å². The molecule has 0 heterocycles. The molecule has 0 amide bonds. The molecule has 0 aliphatic heterocycles. The smallest absolute Gasteiger partial charge is 0.338 e. The zero-order chi connectivity index (χ0) is 17.0. The predicted molar refractivity (Wildman–Crippen MR) is 91.1 cm³/mol. The lowest BCUT2D eigenvalue weighted by Crippen LogP contribution is -2.24. The van der Waals surface area contributed by atoms with Crippen LogP contribution in [0.15, 0.2) is 46.9 Å². The normalized spacial score (nSPS) is 11.7. The number of benzene rings is 2. The number of aryl methyl sites for hydroxylation is 1. The van der Waals surface area contributed by atoms with Crippen molar-refractivity contribution >= 4 is 27.7 Å². The summed E-state index contributed by atoms with van der Waals surface area (Å²) in [7, 11) is 1.54. The van der Waals surface area contributed by atoms with Crippen LogP contribution in [0.25, 0.3) is 0 Å². The second kappa shape index (κ2) is 7.42. The number of methoxy groups -OCH3 is 1. The van der Waals surface area contributed by atoms with E-state index in [1.807, 2.05) is 19.1 Å². The highest BCUT2D eigenvalue weighted by Crippen LogP contribution is 2.26. The molecule has 5 heteroatoms. The van der Waals surface area contributed by atoms with Crippen molar-refractivity contribution in [2.75, 3.05) is 7.11 Å². The Hall–Kier alpha value is -2.14. The molecule has 120 valence electrons. The van der Waals surface area contributed by atoms with E-state index in [1.165, 1.54) is 0 Å². The Bertz CT molecular complexity index is 722. The van der Waals surface area contributed by atoms with Crippen molar-refractivity contribution in [3.8, 4) is 5.75 Å². The average molecular weight is 377 g/mol. The van der Waals surface area contributed by atoms with Crippen molar-refractivity contribution in [1.82, 2.24) is 0 Å². The predicted octanol–water partition coefficient (Wildman–Crippen LogP) is 4.19. The number of hydrogen-bond acceptors (Lipinski definition) is 4. The molecule has 4 nitrogen and oxygen atoms in total. The molecule has 2 aromatic carbocycles. The maximum Gasteiger partial charge on any atom is 0.338 e. The van der Waals surface area contributed by atoms with E-state index in [0.717, 1.165) is 5.56 Å². The van der Waals surface area contributed by atoms with E-state index >= 15 is 0 Å². The first-order valence-corrected chi connectivity index (χ1v) is 7.87. The molecule has 0 saturated carbocycles. The van der Waals surface area contributed by atoms with E-state index in [1.54, 1.807) is 44.4 Å². The summed E-state index contributed by atoms with van der Waals surface area (Å²) in [5, 5.41) is 0. The van der Waals surface area contributed by atoms with E-state index in [9.17, 15) is 9.59 Å². The summed E-state index contributed by atoms with van der Waals surface area (Å²) < 4.78 is 11.0. The number of carbonyl (C=O) groups excluding carboxylic acids is 2. The largest absolute Gasteiger partial charge is 0.496 e. The lowest BCUT2D eigenvalue weighted by molar-refractivity contribution is 0.0318. The van der Waals surface area contributed by atoms with Gasteiger partial charge in [-0.05, 0) is 48.0 Å². The Morgan fingerprint density at radius 2 is 1.65 bits per heavy atom. The highest BCUT2D eigenvalue weighted by atomic mass is 79.9. The number of esters is 1. The minimum atomic E-state index is -0.855. The van der Waals surface area contributed by atoms with Crippen LogP contribution in [0.5, 0.6) is 5.75 Å². The Kier molecular flexibility index (Phi) is 5.55. The molecule has 0 unspecified atom stereocenters. The molecule has 0 aromatic heterocycles. The summed E-state index contributed by atoms with van der Waals surface area (Å²) in [6.45, 7) is 3.51. The van der Waals surface area contributed by atoms with Gasteiger partial charge in [-0.25, -0.2) is 4.79 Å². The fourth-order valence-corrected chi connectivity index (χ4v) is 2.57. The first-order valence-electron chi connectivity index (χ1n) is 7.07. The number of carbonyl (C=O) groups is 2. The van der Waals surface area contributed by atoms with Gasteiger partial charge in [0.15, 0.2) is 6.10 Å². The van der Waals surface area contributed by atoms with Crippen molar-refractivity contribution < 1.29 is 19.1 Å². The maximum atomic E-state index is 12.3. The summed E-state index contributed by atoms with van der Waals surface area (Å²) in [6.07, 6.45) is -0.855. The van der Waals surface area contributed by atoms with Crippen molar-refractivity contribution in [3.05, 3.63) is 63.6 Å². The molecule has 1 atom stereocenters. The fraction of sp³-hybridized carbons (Fsp3) is 0.222. The van der Waals surface area contributed by atoms with E-state index in [-0.39, 0.29) is 5.78 Å². The standard InChI is InChI=1S/C18H17BrO4/c1-11-4-6-13(7-5-11)17(20)12(2)23-18(21)14-8-9-16(22-3)15(19)10-14/h4-10,12H,1-3H3/t12-/m1/s1. The van der Waals surface area contributed by atoms with E-state index in [0.29, 0.717) is 21.3 Å². The first-order chi connectivity index (χ1) is 10.9. The zero-order valence-corrected chi connectivity index (χ0v) is 14.7. The number of halogens is 1. The maximum absolute atomic E-state index is 12.3. The zero-order valence-electron chi connectivity index (χ0n) is 13.1. The molecule has 23 heavy (non-hydrogen) atoms. The van der Waals surface area contributed by atoms with E-state index in [2.05, 4.69) is 15.9 Å². The second-order valence-corrected chi connectivity index (χ2v) is 5.98. The Labute approximate surface area is 143 Å². The molecule has 0 N–H and O–H groups in total. The van der Waals surface area contributed by atoms with Crippen molar-refractivity contribution in [1.29, 1.82) is 0 Å². The summed E-state index contributed by atoms with van der Waals surface area (Å²) >= 11 is 3.31. The summed E-state index contributed by atoms with van der Waals surface area (Å²) in [5.41, 5.74) is 1.93. The molecule has 0 bridgehead atoms. The number of ketones is 1. The highest BCUT2D eigenvalue weighted by molar-refractivity contribution is 9.10. The molecule has 0 aliphatic rings. The summed E-state index contributed by atoms with van der Waals surface area (Å²) in [6, 6.07) is 12.0. The van der Waals surface area contributed by atoms with Crippen LogP contribution in [0.2, 0.25) is 0 Å². The van der Waals surface area contributed by atoms with Gasteiger partial charge in [0, 0.05) is 5.56 Å². The SMILES string of the molecule is COc1ccc(C(=O)O[C@H](C)C(=O)c2ccc(C)cc2)cc1Br. The fourth-order valence-electron chi connectivity index (χ4n) is 2.03. The molecule has 2 rings (SSSR count). The van der Waals surface area contributed by atoms with Crippen molar-refractivity contribution in [2.24, 2.45) is 0 Å². The van der Waals surface area contributed by atoms with Gasteiger partial charge in [-0.3, -0.25) is 4.79 Å². The van der Waals surface area contributed by atoms with Gasteiger partial charge in [-0.15, -0.1) is 0 Å². The van der Waals surface area contributed by atoms with Gasteiger partial charge in [0.2, 0.25) is 5.78 Å². The van der Waals surface area contributed by atoms with Crippen molar-refractivity contribution in [2.45, 2.75) is 20.0 Å². The average Bonchev–Trinajstić information content (AvgIpc) is 2.54. The first kappa shape index (κ1) is 17.2. The van der Waals surface area contributed by atoms with Gasteiger partial charge in [-0.1, -0.05) is 29.8 Å². The molecule has 2 aromatic rings. The Balaban J connectivity index is 2.08. The molecule has 0 saturated heterocycles. The van der Waals surface area contributed by atoms with Gasteiger partial charge >= 0.3 is 5.97 Å². The second-order valence-electron chi connectivity index (χ2n) is 5.13.